The summed E-state index contributed by atoms with van der Waals surface area (Å²) in [5.41, 5.74) is 7.40. The van der Waals surface area contributed by atoms with Crippen LogP contribution in [0.15, 0.2) is 35.6 Å². The standard InChI is InChI=1S/C14H14N4O/c1-3-7-19-13-6-4-5-12(8-13)9-16-18-10-11(2)17-14(18)15/h1,4-6,8-10H,7H2,2H3,(H2,15,17). The Morgan fingerprint density at radius 3 is 3.11 bits per heavy atom. The van der Waals surface area contributed by atoms with Crippen molar-refractivity contribution >= 4 is 12.2 Å². The molecule has 2 aromatic rings. The molecule has 0 aliphatic heterocycles. The van der Waals surface area contributed by atoms with E-state index in [4.69, 9.17) is 16.9 Å². The topological polar surface area (TPSA) is 65.4 Å². The molecule has 0 spiro atoms. The van der Waals surface area contributed by atoms with E-state index in [0.717, 1.165) is 11.3 Å². The second-order valence-corrected chi connectivity index (χ2v) is 3.89. The van der Waals surface area contributed by atoms with Gasteiger partial charge in [0.2, 0.25) is 5.95 Å². The molecule has 0 saturated carbocycles. The van der Waals surface area contributed by atoms with Crippen LogP contribution in [0.25, 0.3) is 0 Å². The molecule has 0 saturated heterocycles. The Hall–Kier alpha value is -2.74. The lowest BCUT2D eigenvalue weighted by Gasteiger charge is -2.02. The van der Waals surface area contributed by atoms with Gasteiger partial charge < -0.3 is 10.5 Å². The molecule has 5 heteroatoms. The van der Waals surface area contributed by atoms with Crippen molar-refractivity contribution in [3.05, 3.63) is 41.7 Å². The first kappa shape index (κ1) is 12.7. The summed E-state index contributed by atoms with van der Waals surface area (Å²) in [6.07, 6.45) is 8.58. The molecule has 96 valence electrons. The number of aromatic nitrogens is 2. The third-order valence-electron chi connectivity index (χ3n) is 2.35. The third kappa shape index (κ3) is 3.36. The van der Waals surface area contributed by atoms with Crippen LogP contribution >= 0.6 is 0 Å². The first-order valence-corrected chi connectivity index (χ1v) is 5.71. The van der Waals surface area contributed by atoms with Crippen LogP contribution in [-0.2, 0) is 0 Å². The molecule has 19 heavy (non-hydrogen) atoms. The third-order valence-corrected chi connectivity index (χ3v) is 2.35. The molecule has 0 aliphatic rings. The number of nitrogens with zero attached hydrogens (tertiary/aromatic N) is 3. The maximum Gasteiger partial charge on any atom is 0.221 e. The zero-order valence-corrected chi connectivity index (χ0v) is 10.6. The van der Waals surface area contributed by atoms with Gasteiger partial charge in [0.05, 0.1) is 18.1 Å². The van der Waals surface area contributed by atoms with Crippen molar-refractivity contribution in [3.63, 3.8) is 0 Å². The van der Waals surface area contributed by atoms with Crippen molar-refractivity contribution in [1.29, 1.82) is 0 Å². The molecule has 0 aliphatic carbocycles. The molecule has 0 amide bonds. The number of hydrogen-bond acceptors (Lipinski definition) is 4. The van der Waals surface area contributed by atoms with Crippen molar-refractivity contribution in [3.8, 4) is 18.1 Å². The van der Waals surface area contributed by atoms with Gasteiger partial charge in [-0.15, -0.1) is 6.42 Å². The molecule has 1 aromatic carbocycles. The Morgan fingerprint density at radius 2 is 2.42 bits per heavy atom. The largest absolute Gasteiger partial charge is 0.481 e. The number of nitrogens with two attached hydrogens (primary N) is 1. The minimum atomic E-state index is 0.244. The van der Waals surface area contributed by atoms with E-state index in [1.54, 1.807) is 12.4 Å². The summed E-state index contributed by atoms with van der Waals surface area (Å²) in [6.45, 7) is 2.10. The van der Waals surface area contributed by atoms with Gasteiger partial charge in [-0.3, -0.25) is 0 Å². The first-order chi connectivity index (χ1) is 9.19. The van der Waals surface area contributed by atoms with Gasteiger partial charge in [0, 0.05) is 0 Å². The van der Waals surface area contributed by atoms with Crippen LogP contribution in [0, 0.1) is 19.3 Å². The number of ether oxygens (including phenoxy) is 1. The van der Waals surface area contributed by atoms with Crippen molar-refractivity contribution in [2.45, 2.75) is 6.92 Å². The summed E-state index contributed by atoms with van der Waals surface area (Å²) in [6, 6.07) is 7.47. The number of hydrogen-bond donors (Lipinski definition) is 1. The van der Waals surface area contributed by atoms with E-state index in [1.165, 1.54) is 4.68 Å². The van der Waals surface area contributed by atoms with E-state index in [9.17, 15) is 0 Å². The predicted molar refractivity (Wildman–Crippen MR) is 75.1 cm³/mol. The van der Waals surface area contributed by atoms with Crippen molar-refractivity contribution in [2.75, 3.05) is 12.3 Å². The molecule has 0 atom stereocenters. The number of benzene rings is 1. The SMILES string of the molecule is C#CCOc1cccc(C=Nn2cc(C)nc2N)c1. The minimum absolute atomic E-state index is 0.244. The molecule has 0 radical (unpaired) electrons. The first-order valence-electron chi connectivity index (χ1n) is 5.71. The number of nitrogen functional groups attached to an aromatic ring is 1. The summed E-state index contributed by atoms with van der Waals surface area (Å²) < 4.78 is 6.85. The Labute approximate surface area is 111 Å². The van der Waals surface area contributed by atoms with Crippen LogP contribution in [-0.4, -0.2) is 22.5 Å². The highest BCUT2D eigenvalue weighted by Gasteiger charge is 1.99. The number of aryl methyl sites for hydroxylation is 1. The van der Waals surface area contributed by atoms with Crippen LogP contribution < -0.4 is 10.5 Å². The van der Waals surface area contributed by atoms with Crippen molar-refractivity contribution < 1.29 is 4.74 Å². The fraction of sp³-hybridized carbons (Fsp3) is 0.143. The normalized spacial score (nSPS) is 10.5. The van der Waals surface area contributed by atoms with E-state index in [-0.39, 0.29) is 6.61 Å². The van der Waals surface area contributed by atoms with Crippen LogP contribution in [0.3, 0.4) is 0 Å². The average Bonchev–Trinajstić information content (AvgIpc) is 2.73. The lowest BCUT2D eigenvalue weighted by molar-refractivity contribution is 0.370. The summed E-state index contributed by atoms with van der Waals surface area (Å²) in [7, 11) is 0. The van der Waals surface area contributed by atoms with E-state index >= 15 is 0 Å². The fourth-order valence-electron chi connectivity index (χ4n) is 1.53. The minimum Gasteiger partial charge on any atom is -0.481 e. The monoisotopic (exact) mass is 254 g/mol. The summed E-state index contributed by atoms with van der Waals surface area (Å²) in [5.74, 6) is 3.48. The zero-order chi connectivity index (χ0) is 13.7. The fourth-order valence-corrected chi connectivity index (χ4v) is 1.53. The molecule has 1 aromatic heterocycles. The summed E-state index contributed by atoms with van der Waals surface area (Å²) in [5, 5.41) is 4.23. The van der Waals surface area contributed by atoms with Crippen LogP contribution in [0.4, 0.5) is 5.95 Å². The van der Waals surface area contributed by atoms with Gasteiger partial charge in [-0.2, -0.15) is 5.10 Å². The number of terminal acetylenes is 1. The van der Waals surface area contributed by atoms with Gasteiger partial charge >= 0.3 is 0 Å². The molecule has 2 rings (SSSR count). The summed E-state index contributed by atoms with van der Waals surface area (Å²) in [4.78, 5) is 4.06. The highest BCUT2D eigenvalue weighted by Crippen LogP contribution is 2.12. The molecule has 5 nitrogen and oxygen atoms in total. The van der Waals surface area contributed by atoms with Crippen LogP contribution in [0.1, 0.15) is 11.3 Å². The predicted octanol–water partition coefficient (Wildman–Crippen LogP) is 1.67. The number of imidazole rings is 1. The second-order valence-electron chi connectivity index (χ2n) is 3.89. The summed E-state index contributed by atoms with van der Waals surface area (Å²) >= 11 is 0. The van der Waals surface area contributed by atoms with E-state index in [2.05, 4.69) is 16.0 Å². The van der Waals surface area contributed by atoms with Crippen LogP contribution in [0.2, 0.25) is 0 Å². The average molecular weight is 254 g/mol. The zero-order valence-electron chi connectivity index (χ0n) is 10.6. The lowest BCUT2D eigenvalue weighted by atomic mass is 10.2. The lowest BCUT2D eigenvalue weighted by Crippen LogP contribution is -1.97. The van der Waals surface area contributed by atoms with Crippen molar-refractivity contribution in [2.24, 2.45) is 5.10 Å². The molecule has 2 N–H and O–H groups in total. The van der Waals surface area contributed by atoms with Gasteiger partial charge in [0.1, 0.15) is 12.4 Å². The highest BCUT2D eigenvalue weighted by atomic mass is 16.5. The second kappa shape index (κ2) is 5.74. The Bertz CT molecular complexity index is 637. The number of rotatable bonds is 4. The van der Waals surface area contributed by atoms with Gasteiger partial charge in [0.25, 0.3) is 0 Å². The molecule has 0 fully saturated rings. The Morgan fingerprint density at radius 1 is 1.58 bits per heavy atom. The molecule has 0 unspecified atom stereocenters. The Balaban J connectivity index is 2.15. The smallest absolute Gasteiger partial charge is 0.221 e. The van der Waals surface area contributed by atoms with Crippen molar-refractivity contribution in [1.82, 2.24) is 9.66 Å². The Kier molecular flexibility index (Phi) is 3.84. The molecule has 0 bridgehead atoms. The van der Waals surface area contributed by atoms with E-state index in [0.29, 0.717) is 11.7 Å². The molecule has 1 heterocycles. The van der Waals surface area contributed by atoms with Gasteiger partial charge in [0.15, 0.2) is 0 Å². The van der Waals surface area contributed by atoms with Gasteiger partial charge in [-0.05, 0) is 24.6 Å². The van der Waals surface area contributed by atoms with Crippen LogP contribution in [0.5, 0.6) is 5.75 Å². The molecular weight excluding hydrogens is 240 g/mol. The highest BCUT2D eigenvalue weighted by molar-refractivity contribution is 5.80. The van der Waals surface area contributed by atoms with E-state index in [1.807, 2.05) is 31.2 Å². The maximum absolute atomic E-state index is 5.69. The quantitative estimate of drug-likeness (QED) is 0.666. The van der Waals surface area contributed by atoms with E-state index < -0.39 is 0 Å². The maximum atomic E-state index is 5.69. The number of anilines is 1. The van der Waals surface area contributed by atoms with Gasteiger partial charge in [-0.1, -0.05) is 18.1 Å². The molecular formula is C14H14N4O. The van der Waals surface area contributed by atoms with Gasteiger partial charge in [-0.25, -0.2) is 9.66 Å².